The molecule has 2 saturated heterocycles. The number of rotatable bonds is 7. The van der Waals surface area contributed by atoms with Gasteiger partial charge in [-0.15, -0.1) is 0 Å². The lowest BCUT2D eigenvalue weighted by Crippen LogP contribution is -2.43. The standard InChI is InChI=1S/C24H28N4O3/c29-22(26-20-12-14-27(17-20)16-18-5-2-1-3-6-18)15-25-24(31)19-8-10-21(11-9-19)28-13-4-7-23(28)30/h1-3,5-6,8-11,20H,4,7,12-17H2,(H,25,31)(H,26,29). The van der Waals surface area contributed by atoms with Crippen LogP contribution in [0.15, 0.2) is 54.6 Å². The Bertz CT molecular complexity index is 930. The molecule has 2 fully saturated rings. The lowest BCUT2D eigenvalue weighted by atomic mass is 10.2. The van der Waals surface area contributed by atoms with Crippen LogP contribution in [0.4, 0.5) is 5.69 Å². The monoisotopic (exact) mass is 420 g/mol. The van der Waals surface area contributed by atoms with Gasteiger partial charge in [-0.05, 0) is 42.7 Å². The number of anilines is 1. The van der Waals surface area contributed by atoms with E-state index in [2.05, 4.69) is 27.7 Å². The number of benzene rings is 2. The predicted octanol–water partition coefficient (Wildman–Crippen LogP) is 1.93. The second kappa shape index (κ2) is 9.75. The average Bonchev–Trinajstić information content (AvgIpc) is 3.41. The van der Waals surface area contributed by atoms with Gasteiger partial charge in [0.1, 0.15) is 0 Å². The van der Waals surface area contributed by atoms with Crippen molar-refractivity contribution in [2.24, 2.45) is 0 Å². The van der Waals surface area contributed by atoms with Gasteiger partial charge in [0.25, 0.3) is 5.91 Å². The first kappa shape index (κ1) is 21.1. The zero-order valence-electron chi connectivity index (χ0n) is 17.5. The van der Waals surface area contributed by atoms with E-state index in [1.165, 1.54) is 5.56 Å². The molecule has 1 atom stereocenters. The molecule has 1 unspecified atom stereocenters. The highest BCUT2D eigenvalue weighted by molar-refractivity contribution is 5.98. The van der Waals surface area contributed by atoms with Crippen LogP contribution < -0.4 is 15.5 Å². The van der Waals surface area contributed by atoms with E-state index in [0.29, 0.717) is 18.5 Å². The van der Waals surface area contributed by atoms with Crippen LogP contribution in [0, 0.1) is 0 Å². The Hall–Kier alpha value is -3.19. The van der Waals surface area contributed by atoms with Gasteiger partial charge in [-0.3, -0.25) is 19.3 Å². The van der Waals surface area contributed by atoms with Crippen molar-refractivity contribution in [3.63, 3.8) is 0 Å². The normalized spacial score (nSPS) is 18.9. The summed E-state index contributed by atoms with van der Waals surface area (Å²) < 4.78 is 0. The summed E-state index contributed by atoms with van der Waals surface area (Å²) in [7, 11) is 0. The van der Waals surface area contributed by atoms with Crippen LogP contribution >= 0.6 is 0 Å². The molecule has 0 spiro atoms. The van der Waals surface area contributed by atoms with Gasteiger partial charge < -0.3 is 15.5 Å². The van der Waals surface area contributed by atoms with Crippen molar-refractivity contribution in [2.75, 3.05) is 31.1 Å². The quantitative estimate of drug-likeness (QED) is 0.717. The van der Waals surface area contributed by atoms with Crippen molar-refractivity contribution < 1.29 is 14.4 Å². The first-order valence-corrected chi connectivity index (χ1v) is 10.8. The Morgan fingerprint density at radius 1 is 1.00 bits per heavy atom. The lowest BCUT2D eigenvalue weighted by Gasteiger charge is -2.17. The van der Waals surface area contributed by atoms with Gasteiger partial charge in [-0.25, -0.2) is 0 Å². The minimum Gasteiger partial charge on any atom is -0.350 e. The zero-order chi connectivity index (χ0) is 21.6. The van der Waals surface area contributed by atoms with E-state index < -0.39 is 0 Å². The summed E-state index contributed by atoms with van der Waals surface area (Å²) in [6, 6.07) is 17.3. The third-order valence-corrected chi connectivity index (χ3v) is 5.81. The van der Waals surface area contributed by atoms with Crippen molar-refractivity contribution in [2.45, 2.75) is 31.8 Å². The molecule has 2 N–H and O–H groups in total. The number of nitrogens with one attached hydrogen (secondary N) is 2. The first-order valence-electron chi connectivity index (χ1n) is 10.8. The molecule has 0 radical (unpaired) electrons. The molecular formula is C24H28N4O3. The molecule has 2 aromatic carbocycles. The summed E-state index contributed by atoms with van der Waals surface area (Å²) in [5, 5.41) is 5.69. The SMILES string of the molecule is O=C(CNC(=O)c1ccc(N2CCCC2=O)cc1)NC1CCN(Cc2ccccc2)C1. The smallest absolute Gasteiger partial charge is 0.251 e. The van der Waals surface area contributed by atoms with Crippen LogP contribution in [0.2, 0.25) is 0 Å². The van der Waals surface area contributed by atoms with Crippen molar-refractivity contribution in [1.82, 2.24) is 15.5 Å². The average molecular weight is 421 g/mol. The summed E-state index contributed by atoms with van der Waals surface area (Å²) in [4.78, 5) is 40.5. The van der Waals surface area contributed by atoms with Gasteiger partial charge >= 0.3 is 0 Å². The fourth-order valence-electron chi connectivity index (χ4n) is 4.19. The van der Waals surface area contributed by atoms with Gasteiger partial charge in [-0.2, -0.15) is 0 Å². The van der Waals surface area contributed by atoms with Crippen LogP contribution in [0.1, 0.15) is 35.2 Å². The second-order valence-corrected chi connectivity index (χ2v) is 8.15. The maximum absolute atomic E-state index is 12.4. The van der Waals surface area contributed by atoms with Gasteiger partial charge in [0.15, 0.2) is 0 Å². The van der Waals surface area contributed by atoms with E-state index in [1.807, 2.05) is 18.2 Å². The molecular weight excluding hydrogens is 392 g/mol. The van der Waals surface area contributed by atoms with Gasteiger partial charge in [0.2, 0.25) is 11.8 Å². The topological polar surface area (TPSA) is 81.8 Å². The highest BCUT2D eigenvalue weighted by atomic mass is 16.2. The maximum atomic E-state index is 12.4. The minimum absolute atomic E-state index is 0.0552. The van der Waals surface area contributed by atoms with Crippen LogP contribution in [-0.2, 0) is 16.1 Å². The Labute approximate surface area is 182 Å². The van der Waals surface area contributed by atoms with E-state index >= 15 is 0 Å². The number of carbonyl (C=O) groups is 3. The summed E-state index contributed by atoms with van der Waals surface area (Å²) in [5.74, 6) is -0.367. The number of amides is 3. The highest BCUT2D eigenvalue weighted by Gasteiger charge is 2.24. The summed E-state index contributed by atoms with van der Waals surface area (Å²) in [6.07, 6.45) is 2.34. The molecule has 4 rings (SSSR count). The molecule has 0 aliphatic carbocycles. The zero-order valence-corrected chi connectivity index (χ0v) is 17.5. The highest BCUT2D eigenvalue weighted by Crippen LogP contribution is 2.21. The molecule has 0 bridgehead atoms. The van der Waals surface area contributed by atoms with E-state index in [1.54, 1.807) is 29.2 Å². The second-order valence-electron chi connectivity index (χ2n) is 8.15. The fraction of sp³-hybridized carbons (Fsp3) is 0.375. The Morgan fingerprint density at radius 2 is 1.77 bits per heavy atom. The molecule has 0 saturated carbocycles. The molecule has 2 aromatic rings. The van der Waals surface area contributed by atoms with Gasteiger partial charge in [0.05, 0.1) is 6.54 Å². The van der Waals surface area contributed by atoms with Crippen LogP contribution in [-0.4, -0.2) is 54.8 Å². The maximum Gasteiger partial charge on any atom is 0.251 e. The first-order chi connectivity index (χ1) is 15.1. The molecule has 2 heterocycles. The molecule has 162 valence electrons. The minimum atomic E-state index is -0.299. The summed E-state index contributed by atoms with van der Waals surface area (Å²) in [6.45, 7) is 3.29. The fourth-order valence-corrected chi connectivity index (χ4v) is 4.19. The molecule has 31 heavy (non-hydrogen) atoms. The van der Waals surface area contributed by atoms with Crippen molar-refractivity contribution in [3.05, 3.63) is 65.7 Å². The van der Waals surface area contributed by atoms with E-state index in [0.717, 1.165) is 38.2 Å². The third-order valence-electron chi connectivity index (χ3n) is 5.81. The Kier molecular flexibility index (Phi) is 6.62. The molecule has 7 heteroatoms. The largest absolute Gasteiger partial charge is 0.350 e. The molecule has 3 amide bonds. The Morgan fingerprint density at radius 3 is 2.48 bits per heavy atom. The molecule has 2 aliphatic heterocycles. The number of hydrogen-bond acceptors (Lipinski definition) is 4. The van der Waals surface area contributed by atoms with Crippen molar-refractivity contribution in [3.8, 4) is 0 Å². The van der Waals surface area contributed by atoms with Gasteiger partial charge in [-0.1, -0.05) is 30.3 Å². The van der Waals surface area contributed by atoms with Crippen LogP contribution in [0.5, 0.6) is 0 Å². The van der Waals surface area contributed by atoms with Crippen LogP contribution in [0.25, 0.3) is 0 Å². The number of likely N-dealkylation sites (tertiary alicyclic amines) is 1. The number of nitrogens with zero attached hydrogens (tertiary/aromatic N) is 2. The van der Waals surface area contributed by atoms with Crippen molar-refractivity contribution >= 4 is 23.4 Å². The Balaban J connectivity index is 1.20. The predicted molar refractivity (Wildman–Crippen MR) is 119 cm³/mol. The molecule has 0 aromatic heterocycles. The third kappa shape index (κ3) is 5.49. The van der Waals surface area contributed by atoms with Crippen molar-refractivity contribution in [1.29, 1.82) is 0 Å². The molecule has 2 aliphatic rings. The summed E-state index contributed by atoms with van der Waals surface area (Å²) in [5.41, 5.74) is 2.54. The van der Waals surface area contributed by atoms with E-state index in [-0.39, 0.29) is 30.3 Å². The number of carbonyl (C=O) groups excluding carboxylic acids is 3. The van der Waals surface area contributed by atoms with Crippen LogP contribution in [0.3, 0.4) is 0 Å². The van der Waals surface area contributed by atoms with E-state index in [9.17, 15) is 14.4 Å². The van der Waals surface area contributed by atoms with E-state index in [4.69, 9.17) is 0 Å². The summed E-state index contributed by atoms with van der Waals surface area (Å²) >= 11 is 0. The number of hydrogen-bond donors (Lipinski definition) is 2. The molecule has 7 nitrogen and oxygen atoms in total. The van der Waals surface area contributed by atoms with Gasteiger partial charge in [0, 0.05) is 49.9 Å². The lowest BCUT2D eigenvalue weighted by molar-refractivity contribution is -0.120.